The highest BCUT2D eigenvalue weighted by atomic mass is 32.1. The van der Waals surface area contributed by atoms with E-state index in [1.807, 2.05) is 31.6 Å². The third-order valence-corrected chi connectivity index (χ3v) is 4.38. The standard InChI is InChI=1S/C16H18F2N2O2S/c1-20(2)13(14-4-3-9-23-14)10-19-15(21)11-5-7-12(8-6-11)22-16(17)18/h3-9,13,16H,10H2,1-2H3,(H,19,21)/p+1/t13-/m0/s1. The molecule has 1 aromatic heterocycles. The molecule has 2 N–H and O–H groups in total. The molecule has 2 aromatic rings. The molecule has 0 aliphatic heterocycles. The Bertz CT molecular complexity index is 616. The minimum Gasteiger partial charge on any atom is -0.435 e. The maximum atomic E-state index is 12.2. The lowest BCUT2D eigenvalue weighted by atomic mass is 10.2. The predicted molar refractivity (Wildman–Crippen MR) is 85.3 cm³/mol. The van der Waals surface area contributed by atoms with Gasteiger partial charge in [0.05, 0.1) is 25.5 Å². The number of hydrogen-bond acceptors (Lipinski definition) is 3. The molecule has 0 aliphatic carbocycles. The van der Waals surface area contributed by atoms with Crippen LogP contribution in [0, 0.1) is 0 Å². The highest BCUT2D eigenvalue weighted by molar-refractivity contribution is 7.10. The normalized spacial score (nSPS) is 12.4. The summed E-state index contributed by atoms with van der Waals surface area (Å²) in [4.78, 5) is 14.6. The summed E-state index contributed by atoms with van der Waals surface area (Å²) < 4.78 is 28.5. The Morgan fingerprint density at radius 2 is 1.96 bits per heavy atom. The average molecular weight is 341 g/mol. The summed E-state index contributed by atoms with van der Waals surface area (Å²) >= 11 is 1.65. The Kier molecular flexibility index (Phi) is 6.06. The lowest BCUT2D eigenvalue weighted by Crippen LogP contribution is -3.06. The molecule has 23 heavy (non-hydrogen) atoms. The highest BCUT2D eigenvalue weighted by Gasteiger charge is 2.20. The van der Waals surface area contributed by atoms with Gasteiger partial charge in [-0.2, -0.15) is 8.78 Å². The summed E-state index contributed by atoms with van der Waals surface area (Å²) in [5.41, 5.74) is 0.408. The molecule has 2 rings (SSSR count). The minimum absolute atomic E-state index is 0.0331. The van der Waals surface area contributed by atoms with Gasteiger partial charge < -0.3 is 15.0 Å². The van der Waals surface area contributed by atoms with Crippen molar-refractivity contribution >= 4 is 17.2 Å². The first-order chi connectivity index (χ1) is 11.0. The van der Waals surface area contributed by atoms with Crippen LogP contribution in [0.15, 0.2) is 41.8 Å². The number of hydrogen-bond donors (Lipinski definition) is 2. The Hall–Kier alpha value is -1.99. The Balaban J connectivity index is 1.95. The zero-order chi connectivity index (χ0) is 16.8. The van der Waals surface area contributed by atoms with Crippen LogP contribution in [0.5, 0.6) is 5.75 Å². The molecule has 4 nitrogen and oxygen atoms in total. The molecule has 1 atom stereocenters. The maximum absolute atomic E-state index is 12.2. The minimum atomic E-state index is -2.87. The van der Waals surface area contributed by atoms with E-state index in [4.69, 9.17) is 0 Å². The number of carbonyl (C=O) groups is 1. The number of alkyl halides is 2. The number of likely N-dealkylation sites (N-methyl/N-ethyl adjacent to an activating group) is 1. The van der Waals surface area contributed by atoms with Crippen molar-refractivity contribution in [2.24, 2.45) is 0 Å². The van der Waals surface area contributed by atoms with Crippen LogP contribution < -0.4 is 15.0 Å². The van der Waals surface area contributed by atoms with Crippen molar-refractivity contribution in [3.63, 3.8) is 0 Å². The summed E-state index contributed by atoms with van der Waals surface area (Å²) in [6.07, 6.45) is 0. The second-order valence-corrected chi connectivity index (χ2v) is 6.24. The summed E-state index contributed by atoms with van der Waals surface area (Å²) in [6, 6.07) is 9.85. The largest absolute Gasteiger partial charge is 0.435 e. The number of benzene rings is 1. The lowest BCUT2D eigenvalue weighted by molar-refractivity contribution is -0.890. The van der Waals surface area contributed by atoms with Crippen molar-refractivity contribution in [3.05, 3.63) is 52.2 Å². The first-order valence-corrected chi connectivity index (χ1v) is 8.02. The van der Waals surface area contributed by atoms with E-state index in [1.165, 1.54) is 34.0 Å². The first-order valence-electron chi connectivity index (χ1n) is 7.14. The van der Waals surface area contributed by atoms with Gasteiger partial charge >= 0.3 is 6.61 Å². The van der Waals surface area contributed by atoms with Crippen molar-refractivity contribution in [2.45, 2.75) is 12.7 Å². The Morgan fingerprint density at radius 1 is 1.26 bits per heavy atom. The number of thiophene rings is 1. The lowest BCUT2D eigenvalue weighted by Gasteiger charge is -2.20. The molecule has 7 heteroatoms. The molecule has 0 radical (unpaired) electrons. The smallest absolute Gasteiger partial charge is 0.387 e. The van der Waals surface area contributed by atoms with Gasteiger partial charge in [-0.3, -0.25) is 4.79 Å². The van der Waals surface area contributed by atoms with E-state index < -0.39 is 6.61 Å². The van der Waals surface area contributed by atoms with Crippen LogP contribution in [0.4, 0.5) is 8.78 Å². The number of carbonyl (C=O) groups excluding carboxylic acids is 1. The molecule has 1 heterocycles. The van der Waals surface area contributed by atoms with Gasteiger partial charge in [-0.1, -0.05) is 6.07 Å². The van der Waals surface area contributed by atoms with Crippen molar-refractivity contribution in [3.8, 4) is 5.75 Å². The number of amides is 1. The summed E-state index contributed by atoms with van der Waals surface area (Å²) in [5.74, 6) is -0.206. The topological polar surface area (TPSA) is 42.8 Å². The molecule has 0 saturated heterocycles. The zero-order valence-electron chi connectivity index (χ0n) is 12.9. The van der Waals surface area contributed by atoms with E-state index >= 15 is 0 Å². The molecular formula is C16H19F2N2O2S+. The third kappa shape index (κ3) is 5.01. The van der Waals surface area contributed by atoms with Gasteiger partial charge in [-0.15, -0.1) is 11.3 Å². The van der Waals surface area contributed by atoms with Crippen molar-refractivity contribution in [1.82, 2.24) is 5.32 Å². The van der Waals surface area contributed by atoms with Crippen molar-refractivity contribution < 1.29 is 23.2 Å². The van der Waals surface area contributed by atoms with Crippen LogP contribution in [-0.2, 0) is 0 Å². The first kappa shape index (κ1) is 17.4. The molecule has 0 saturated carbocycles. The second kappa shape index (κ2) is 8.03. The zero-order valence-corrected chi connectivity index (χ0v) is 13.7. The molecule has 124 valence electrons. The second-order valence-electron chi connectivity index (χ2n) is 5.26. The van der Waals surface area contributed by atoms with Crippen molar-refractivity contribution in [1.29, 1.82) is 0 Å². The molecule has 0 fully saturated rings. The molecule has 0 aliphatic rings. The highest BCUT2D eigenvalue weighted by Crippen LogP contribution is 2.17. The predicted octanol–water partition coefficient (Wildman–Crippen LogP) is 1.97. The summed E-state index contributed by atoms with van der Waals surface area (Å²) in [5, 5.41) is 4.90. The van der Waals surface area contributed by atoms with Crippen LogP contribution in [-0.4, -0.2) is 33.2 Å². The van der Waals surface area contributed by atoms with Gasteiger partial charge in [0.1, 0.15) is 11.8 Å². The fourth-order valence-electron chi connectivity index (χ4n) is 2.16. The SMILES string of the molecule is C[NH+](C)[C@@H](CNC(=O)c1ccc(OC(F)F)cc1)c1cccs1. The summed E-state index contributed by atoms with van der Waals surface area (Å²) in [6.45, 7) is -2.37. The van der Waals surface area contributed by atoms with Crippen LogP contribution in [0.25, 0.3) is 0 Å². The third-order valence-electron chi connectivity index (χ3n) is 3.39. The van der Waals surface area contributed by atoms with Gasteiger partial charge in [0.2, 0.25) is 0 Å². The van der Waals surface area contributed by atoms with Gasteiger partial charge in [0.15, 0.2) is 0 Å². The maximum Gasteiger partial charge on any atom is 0.387 e. The van der Waals surface area contributed by atoms with E-state index in [-0.39, 0.29) is 17.7 Å². The van der Waals surface area contributed by atoms with E-state index in [0.29, 0.717) is 12.1 Å². The molecule has 0 bridgehead atoms. The van der Waals surface area contributed by atoms with Crippen LogP contribution in [0.3, 0.4) is 0 Å². The van der Waals surface area contributed by atoms with E-state index in [9.17, 15) is 13.6 Å². The quantitative estimate of drug-likeness (QED) is 0.809. The van der Waals surface area contributed by atoms with E-state index in [2.05, 4.69) is 10.1 Å². The Morgan fingerprint density at radius 3 is 2.48 bits per heavy atom. The monoisotopic (exact) mass is 341 g/mol. The van der Waals surface area contributed by atoms with E-state index in [1.54, 1.807) is 11.3 Å². The Labute approximate surface area is 137 Å². The number of halogens is 2. The average Bonchev–Trinajstić information content (AvgIpc) is 3.01. The van der Waals surface area contributed by atoms with Crippen LogP contribution >= 0.6 is 11.3 Å². The number of rotatable bonds is 7. The molecular weight excluding hydrogens is 322 g/mol. The molecule has 0 spiro atoms. The fourth-order valence-corrected chi connectivity index (χ4v) is 3.12. The molecule has 1 aromatic carbocycles. The number of quaternary nitrogens is 1. The van der Waals surface area contributed by atoms with Crippen LogP contribution in [0.1, 0.15) is 21.3 Å². The summed E-state index contributed by atoms with van der Waals surface area (Å²) in [7, 11) is 4.07. The van der Waals surface area contributed by atoms with Gasteiger partial charge in [0, 0.05) is 5.56 Å². The molecule has 1 amide bonds. The number of ether oxygens (including phenoxy) is 1. The van der Waals surface area contributed by atoms with E-state index in [0.717, 1.165) is 0 Å². The van der Waals surface area contributed by atoms with Crippen LogP contribution in [0.2, 0.25) is 0 Å². The van der Waals surface area contributed by atoms with Gasteiger partial charge in [-0.05, 0) is 35.7 Å². The van der Waals surface area contributed by atoms with Crippen molar-refractivity contribution in [2.75, 3.05) is 20.6 Å². The fraction of sp³-hybridized carbons (Fsp3) is 0.312. The molecule has 0 unspecified atom stereocenters. The van der Waals surface area contributed by atoms with Gasteiger partial charge in [0.25, 0.3) is 5.91 Å². The number of nitrogens with one attached hydrogen (secondary N) is 2. The van der Waals surface area contributed by atoms with Gasteiger partial charge in [-0.25, -0.2) is 0 Å².